The molecule has 4 nitrogen and oxygen atoms in total. The Labute approximate surface area is 124 Å². The van der Waals surface area contributed by atoms with Crippen molar-refractivity contribution in [1.82, 2.24) is 4.57 Å². The molecule has 0 bridgehead atoms. The van der Waals surface area contributed by atoms with Crippen molar-refractivity contribution in [2.75, 3.05) is 6.61 Å². The van der Waals surface area contributed by atoms with E-state index in [9.17, 15) is 4.79 Å². The van der Waals surface area contributed by atoms with Gasteiger partial charge in [0, 0.05) is 6.04 Å². The van der Waals surface area contributed by atoms with Gasteiger partial charge >= 0.3 is 0 Å². The predicted molar refractivity (Wildman–Crippen MR) is 82.4 cm³/mol. The molecule has 108 valence electrons. The third-order valence-corrected chi connectivity index (χ3v) is 3.21. The van der Waals surface area contributed by atoms with Gasteiger partial charge in [0.05, 0.1) is 12.3 Å². The van der Waals surface area contributed by atoms with Crippen LogP contribution in [0.25, 0.3) is 11.3 Å². The number of benzene rings is 1. The van der Waals surface area contributed by atoms with Crippen LogP contribution < -0.4 is 10.3 Å². The second-order valence-electron chi connectivity index (χ2n) is 4.97. The van der Waals surface area contributed by atoms with Gasteiger partial charge in [0.25, 0.3) is 5.56 Å². The summed E-state index contributed by atoms with van der Waals surface area (Å²) >= 11 is 0. The maximum absolute atomic E-state index is 12.3. The van der Waals surface area contributed by atoms with Gasteiger partial charge in [-0.15, -0.1) is 0 Å². The van der Waals surface area contributed by atoms with Gasteiger partial charge in [-0.05, 0) is 62.7 Å². The summed E-state index contributed by atoms with van der Waals surface area (Å²) in [5, 5.41) is 9.00. The van der Waals surface area contributed by atoms with Crippen LogP contribution in [0.1, 0.15) is 32.4 Å². The lowest BCUT2D eigenvalue weighted by molar-refractivity contribution is 0.340. The molecule has 0 saturated heterocycles. The molecule has 0 atom stereocenters. The monoisotopic (exact) mass is 282 g/mol. The zero-order chi connectivity index (χ0) is 15.4. The molecule has 2 rings (SSSR count). The molecule has 0 fully saturated rings. The lowest BCUT2D eigenvalue weighted by atomic mass is 10.1. The molecule has 0 radical (unpaired) electrons. The second kappa shape index (κ2) is 6.27. The number of ether oxygens (including phenoxy) is 1. The number of pyridine rings is 1. The molecule has 0 amide bonds. The molecule has 21 heavy (non-hydrogen) atoms. The van der Waals surface area contributed by atoms with E-state index in [0.29, 0.717) is 6.61 Å². The van der Waals surface area contributed by atoms with E-state index >= 15 is 0 Å². The third-order valence-electron chi connectivity index (χ3n) is 3.21. The SMILES string of the molecule is CCOc1ccc(-c2ccc(C#N)c(=O)n2C(C)C)cc1. The van der Waals surface area contributed by atoms with Crippen molar-refractivity contribution >= 4 is 0 Å². The molecule has 2 aromatic rings. The Morgan fingerprint density at radius 1 is 1.19 bits per heavy atom. The van der Waals surface area contributed by atoms with Gasteiger partial charge in [-0.2, -0.15) is 5.26 Å². The quantitative estimate of drug-likeness (QED) is 0.864. The Morgan fingerprint density at radius 2 is 1.86 bits per heavy atom. The molecule has 0 saturated carbocycles. The lowest BCUT2D eigenvalue weighted by Gasteiger charge is -2.17. The van der Waals surface area contributed by atoms with E-state index in [2.05, 4.69) is 0 Å². The number of nitrogens with zero attached hydrogens (tertiary/aromatic N) is 2. The number of nitriles is 1. The topological polar surface area (TPSA) is 55.0 Å². The highest BCUT2D eigenvalue weighted by Gasteiger charge is 2.12. The van der Waals surface area contributed by atoms with Crippen LogP contribution in [0.15, 0.2) is 41.2 Å². The van der Waals surface area contributed by atoms with Gasteiger partial charge in [-0.25, -0.2) is 0 Å². The number of hydrogen-bond acceptors (Lipinski definition) is 3. The van der Waals surface area contributed by atoms with E-state index < -0.39 is 0 Å². The van der Waals surface area contributed by atoms with Crippen LogP contribution in [-0.4, -0.2) is 11.2 Å². The van der Waals surface area contributed by atoms with Crippen molar-refractivity contribution in [3.63, 3.8) is 0 Å². The molecule has 1 aromatic heterocycles. The van der Waals surface area contributed by atoms with Crippen LogP contribution in [0.5, 0.6) is 5.75 Å². The minimum atomic E-state index is -0.251. The van der Waals surface area contributed by atoms with Gasteiger partial charge < -0.3 is 9.30 Å². The third kappa shape index (κ3) is 2.97. The summed E-state index contributed by atoms with van der Waals surface area (Å²) in [7, 11) is 0. The number of aromatic nitrogens is 1. The van der Waals surface area contributed by atoms with Crippen molar-refractivity contribution in [1.29, 1.82) is 5.26 Å². The second-order valence-corrected chi connectivity index (χ2v) is 4.97. The Morgan fingerprint density at radius 3 is 2.38 bits per heavy atom. The molecule has 0 N–H and O–H groups in total. The van der Waals surface area contributed by atoms with Crippen molar-refractivity contribution in [2.45, 2.75) is 26.8 Å². The highest BCUT2D eigenvalue weighted by atomic mass is 16.5. The van der Waals surface area contributed by atoms with E-state index in [4.69, 9.17) is 10.00 Å². The molecule has 0 spiro atoms. The number of rotatable bonds is 4. The first kappa shape index (κ1) is 14.9. The summed E-state index contributed by atoms with van der Waals surface area (Å²) in [6, 6.07) is 12.9. The van der Waals surface area contributed by atoms with Crippen LogP contribution in [-0.2, 0) is 0 Å². The van der Waals surface area contributed by atoms with E-state index in [1.165, 1.54) is 0 Å². The summed E-state index contributed by atoms with van der Waals surface area (Å²) in [5.41, 5.74) is 1.64. The lowest BCUT2D eigenvalue weighted by Crippen LogP contribution is -2.25. The van der Waals surface area contributed by atoms with Gasteiger partial charge in [-0.1, -0.05) is 0 Å². The first-order valence-corrected chi connectivity index (χ1v) is 6.97. The Balaban J connectivity index is 2.56. The van der Waals surface area contributed by atoms with Gasteiger partial charge in [0.1, 0.15) is 17.4 Å². The Hall–Kier alpha value is -2.54. The van der Waals surface area contributed by atoms with E-state index in [-0.39, 0.29) is 17.2 Å². The molecular formula is C17H18N2O2. The minimum Gasteiger partial charge on any atom is -0.494 e. The molecule has 1 aromatic carbocycles. The van der Waals surface area contributed by atoms with Crippen LogP contribution in [0.3, 0.4) is 0 Å². The molecular weight excluding hydrogens is 264 g/mol. The smallest absolute Gasteiger partial charge is 0.269 e. The molecule has 1 heterocycles. The summed E-state index contributed by atoms with van der Waals surface area (Å²) in [6.07, 6.45) is 0. The highest BCUT2D eigenvalue weighted by Crippen LogP contribution is 2.24. The fourth-order valence-electron chi connectivity index (χ4n) is 2.27. The van der Waals surface area contributed by atoms with Crippen LogP contribution in [0.2, 0.25) is 0 Å². The molecule has 0 aliphatic heterocycles. The zero-order valence-electron chi connectivity index (χ0n) is 12.5. The minimum absolute atomic E-state index is 0.0210. The molecule has 0 unspecified atom stereocenters. The predicted octanol–water partition coefficient (Wildman–Crippen LogP) is 3.37. The Kier molecular flexibility index (Phi) is 4.44. The van der Waals surface area contributed by atoms with Crippen LogP contribution in [0.4, 0.5) is 0 Å². The highest BCUT2D eigenvalue weighted by molar-refractivity contribution is 5.61. The molecule has 4 heteroatoms. The summed E-state index contributed by atoms with van der Waals surface area (Å²) < 4.78 is 7.07. The van der Waals surface area contributed by atoms with E-state index in [1.54, 1.807) is 10.6 Å². The normalized spacial score (nSPS) is 10.4. The Bertz CT molecular complexity index is 722. The fraction of sp³-hybridized carbons (Fsp3) is 0.294. The van der Waals surface area contributed by atoms with Gasteiger partial charge in [0.2, 0.25) is 0 Å². The van der Waals surface area contributed by atoms with Gasteiger partial charge in [-0.3, -0.25) is 4.79 Å². The summed E-state index contributed by atoms with van der Waals surface area (Å²) in [5.74, 6) is 0.799. The van der Waals surface area contributed by atoms with E-state index in [1.807, 2.05) is 57.2 Å². The molecule has 0 aliphatic carbocycles. The van der Waals surface area contributed by atoms with Crippen molar-refractivity contribution in [3.8, 4) is 23.1 Å². The molecule has 0 aliphatic rings. The first-order valence-electron chi connectivity index (χ1n) is 6.97. The van der Waals surface area contributed by atoms with Gasteiger partial charge in [0.15, 0.2) is 0 Å². The van der Waals surface area contributed by atoms with Crippen LogP contribution >= 0.6 is 0 Å². The average Bonchev–Trinajstić information content (AvgIpc) is 2.47. The fourth-order valence-corrected chi connectivity index (χ4v) is 2.27. The van der Waals surface area contributed by atoms with E-state index in [0.717, 1.165) is 17.0 Å². The van der Waals surface area contributed by atoms with Crippen molar-refractivity contribution in [2.24, 2.45) is 0 Å². The van der Waals surface area contributed by atoms with Crippen LogP contribution in [0, 0.1) is 11.3 Å². The maximum atomic E-state index is 12.3. The van der Waals surface area contributed by atoms with Crippen molar-refractivity contribution in [3.05, 3.63) is 52.3 Å². The first-order chi connectivity index (χ1) is 10.1. The zero-order valence-corrected chi connectivity index (χ0v) is 12.5. The largest absolute Gasteiger partial charge is 0.494 e. The summed E-state index contributed by atoms with van der Waals surface area (Å²) in [6.45, 7) is 6.42. The van der Waals surface area contributed by atoms with Crippen molar-refractivity contribution < 1.29 is 4.74 Å². The standard InChI is InChI=1S/C17H18N2O2/c1-4-21-15-8-5-13(6-9-15)16-10-7-14(11-18)17(20)19(16)12(2)3/h5-10,12H,4H2,1-3H3. The average molecular weight is 282 g/mol. The summed E-state index contributed by atoms with van der Waals surface area (Å²) in [4.78, 5) is 12.3. The maximum Gasteiger partial charge on any atom is 0.269 e. The number of hydrogen-bond donors (Lipinski definition) is 0.